The van der Waals surface area contributed by atoms with Crippen LogP contribution in [-0.4, -0.2) is 65.1 Å². The van der Waals surface area contributed by atoms with E-state index < -0.39 is 28.5 Å². The third-order valence-electron chi connectivity index (χ3n) is 8.19. The molecule has 4 rings (SSSR count). The van der Waals surface area contributed by atoms with E-state index in [1.165, 1.54) is 56.6 Å². The number of nitrogens with zero attached hydrogens (tertiary/aromatic N) is 2. The second-order valence-electron chi connectivity index (χ2n) is 11.3. The van der Waals surface area contributed by atoms with E-state index in [2.05, 4.69) is 5.32 Å². The summed E-state index contributed by atoms with van der Waals surface area (Å²) in [4.78, 5) is 29.4. The molecule has 1 fully saturated rings. The van der Waals surface area contributed by atoms with Crippen LogP contribution in [0.3, 0.4) is 0 Å². The summed E-state index contributed by atoms with van der Waals surface area (Å²) in [6.45, 7) is 3.28. The number of anilines is 1. The zero-order valence-corrected chi connectivity index (χ0v) is 28.5. The topological polar surface area (TPSA) is 114 Å². The molecule has 1 atom stereocenters. The van der Waals surface area contributed by atoms with Gasteiger partial charge in [-0.25, -0.2) is 8.42 Å². The Morgan fingerprint density at radius 1 is 0.913 bits per heavy atom. The Morgan fingerprint density at radius 2 is 1.54 bits per heavy atom. The molecule has 0 aliphatic heterocycles. The van der Waals surface area contributed by atoms with Gasteiger partial charge in [-0.15, -0.1) is 0 Å². The summed E-state index contributed by atoms with van der Waals surface area (Å²) in [5, 5.41) is 3.37. The third-order valence-corrected chi connectivity index (χ3v) is 10.2. The van der Waals surface area contributed by atoms with Crippen LogP contribution in [0.4, 0.5) is 5.69 Å². The molecule has 0 aromatic heterocycles. The van der Waals surface area contributed by atoms with Crippen molar-refractivity contribution in [3.63, 3.8) is 0 Å². The van der Waals surface area contributed by atoms with Gasteiger partial charge in [-0.05, 0) is 62.1 Å². The Bertz CT molecular complexity index is 1630. The van der Waals surface area contributed by atoms with Crippen molar-refractivity contribution in [1.82, 2.24) is 10.2 Å². The van der Waals surface area contributed by atoms with E-state index >= 15 is 0 Å². The van der Waals surface area contributed by atoms with Crippen molar-refractivity contribution in [3.05, 3.63) is 76.8 Å². The average molecular weight is 672 g/mol. The molecule has 3 aromatic carbocycles. The van der Waals surface area contributed by atoms with Gasteiger partial charge in [-0.1, -0.05) is 61.2 Å². The van der Waals surface area contributed by atoms with Gasteiger partial charge in [0.2, 0.25) is 11.8 Å². The number of amides is 2. The van der Waals surface area contributed by atoms with E-state index in [1.807, 2.05) is 38.1 Å². The number of benzene rings is 3. The summed E-state index contributed by atoms with van der Waals surface area (Å²) < 4.78 is 46.0. The van der Waals surface area contributed by atoms with Crippen molar-refractivity contribution < 1.29 is 32.2 Å². The molecule has 0 bridgehead atoms. The highest BCUT2D eigenvalue weighted by atomic mass is 35.5. The number of halogens is 1. The van der Waals surface area contributed by atoms with Crippen LogP contribution in [0.25, 0.3) is 0 Å². The van der Waals surface area contributed by atoms with Crippen molar-refractivity contribution >= 4 is 39.1 Å². The van der Waals surface area contributed by atoms with Crippen LogP contribution in [0.2, 0.25) is 5.02 Å². The second-order valence-corrected chi connectivity index (χ2v) is 13.6. The van der Waals surface area contributed by atoms with Gasteiger partial charge in [-0.2, -0.15) is 0 Å². The highest BCUT2D eigenvalue weighted by Crippen LogP contribution is 2.37. The largest absolute Gasteiger partial charge is 0.495 e. The molecule has 1 aliphatic rings. The van der Waals surface area contributed by atoms with E-state index in [0.717, 1.165) is 41.1 Å². The van der Waals surface area contributed by atoms with Gasteiger partial charge in [0, 0.05) is 23.7 Å². The normalized spacial score (nSPS) is 14.0. The lowest BCUT2D eigenvalue weighted by Crippen LogP contribution is -2.53. The standard InChI is InChI=1S/C34H42ClN3O7S/c1-6-28(34(40)36-26-9-7-8-10-26)37(21-24-13-11-23(2)12-14-24)33(39)22-38(29-19-25(35)15-17-30(29)43-3)46(41,42)27-16-18-31(44-4)32(20-27)45-5/h11-20,26,28H,6-10,21-22H2,1-5H3,(H,36,40)/t28-/m1/s1. The molecule has 248 valence electrons. The van der Waals surface area contributed by atoms with Gasteiger partial charge in [0.15, 0.2) is 11.5 Å². The molecule has 10 nitrogen and oxygen atoms in total. The number of sulfonamides is 1. The maximum Gasteiger partial charge on any atom is 0.265 e. The molecule has 0 saturated heterocycles. The van der Waals surface area contributed by atoms with Crippen LogP contribution in [0.1, 0.15) is 50.2 Å². The van der Waals surface area contributed by atoms with Crippen molar-refractivity contribution in [2.24, 2.45) is 0 Å². The Morgan fingerprint density at radius 3 is 2.15 bits per heavy atom. The number of hydrogen-bond donors (Lipinski definition) is 1. The first-order valence-electron chi connectivity index (χ1n) is 15.3. The summed E-state index contributed by atoms with van der Waals surface area (Å²) in [5.74, 6) is -0.0989. The number of hydrogen-bond acceptors (Lipinski definition) is 7. The van der Waals surface area contributed by atoms with E-state index in [4.69, 9.17) is 25.8 Å². The first-order chi connectivity index (χ1) is 22.0. The summed E-state index contributed by atoms with van der Waals surface area (Å²) >= 11 is 6.35. The zero-order valence-electron chi connectivity index (χ0n) is 26.9. The van der Waals surface area contributed by atoms with Crippen LogP contribution in [0.15, 0.2) is 65.6 Å². The third kappa shape index (κ3) is 8.06. The second kappa shape index (κ2) is 15.6. The lowest BCUT2D eigenvalue weighted by Gasteiger charge is -2.34. The fraction of sp³-hybridized carbons (Fsp3) is 0.412. The predicted molar refractivity (Wildman–Crippen MR) is 178 cm³/mol. The Kier molecular flexibility index (Phi) is 11.8. The number of carbonyl (C=O) groups is 2. The van der Waals surface area contributed by atoms with Crippen LogP contribution in [0, 0.1) is 6.92 Å². The van der Waals surface area contributed by atoms with E-state index in [0.29, 0.717) is 12.2 Å². The summed E-state index contributed by atoms with van der Waals surface area (Å²) in [7, 11) is -0.175. The summed E-state index contributed by atoms with van der Waals surface area (Å²) in [6.07, 6.45) is 4.19. The number of aryl methyl sites for hydroxylation is 1. The molecule has 3 aromatic rings. The molecule has 2 amide bonds. The summed E-state index contributed by atoms with van der Waals surface area (Å²) in [6, 6.07) is 15.6. The van der Waals surface area contributed by atoms with Crippen LogP contribution in [0.5, 0.6) is 17.2 Å². The van der Waals surface area contributed by atoms with E-state index in [9.17, 15) is 18.0 Å². The molecule has 0 unspecified atom stereocenters. The maximum atomic E-state index is 14.4. The fourth-order valence-electron chi connectivity index (χ4n) is 5.65. The van der Waals surface area contributed by atoms with Crippen molar-refractivity contribution in [3.8, 4) is 17.2 Å². The lowest BCUT2D eigenvalue weighted by atomic mass is 10.1. The molecule has 1 N–H and O–H groups in total. The van der Waals surface area contributed by atoms with Gasteiger partial charge in [-0.3, -0.25) is 13.9 Å². The molecule has 0 heterocycles. The summed E-state index contributed by atoms with van der Waals surface area (Å²) in [5.41, 5.74) is 1.92. The van der Waals surface area contributed by atoms with Crippen molar-refractivity contribution in [2.75, 3.05) is 32.2 Å². The highest BCUT2D eigenvalue weighted by molar-refractivity contribution is 7.92. The zero-order chi connectivity index (χ0) is 33.4. The van der Waals surface area contributed by atoms with Gasteiger partial charge in [0.25, 0.3) is 10.0 Å². The Balaban J connectivity index is 1.80. The van der Waals surface area contributed by atoms with Gasteiger partial charge >= 0.3 is 0 Å². The quantitative estimate of drug-likeness (QED) is 0.233. The maximum absolute atomic E-state index is 14.4. The monoisotopic (exact) mass is 671 g/mol. The SMILES string of the molecule is CC[C@H](C(=O)NC1CCCC1)N(Cc1ccc(C)cc1)C(=O)CN(c1cc(Cl)ccc1OC)S(=O)(=O)c1ccc(OC)c(OC)c1. The minimum absolute atomic E-state index is 0.0514. The van der Waals surface area contributed by atoms with Crippen molar-refractivity contribution in [2.45, 2.75) is 69.5 Å². The van der Waals surface area contributed by atoms with Gasteiger partial charge in [0.05, 0.1) is 31.9 Å². The molecule has 1 saturated carbocycles. The molecule has 12 heteroatoms. The number of ether oxygens (including phenoxy) is 3. The van der Waals surface area contributed by atoms with Crippen LogP contribution in [-0.2, 0) is 26.2 Å². The minimum Gasteiger partial charge on any atom is -0.495 e. The van der Waals surface area contributed by atoms with E-state index in [-0.39, 0.29) is 45.6 Å². The molecular weight excluding hydrogens is 630 g/mol. The lowest BCUT2D eigenvalue weighted by molar-refractivity contribution is -0.140. The predicted octanol–water partition coefficient (Wildman–Crippen LogP) is 5.74. The van der Waals surface area contributed by atoms with Crippen LogP contribution < -0.4 is 23.8 Å². The number of rotatable bonds is 14. The van der Waals surface area contributed by atoms with Gasteiger partial charge < -0.3 is 24.4 Å². The number of methoxy groups -OCH3 is 3. The first kappa shape index (κ1) is 34.9. The minimum atomic E-state index is -4.43. The first-order valence-corrected chi connectivity index (χ1v) is 17.1. The fourth-order valence-corrected chi connectivity index (χ4v) is 7.25. The number of nitrogens with one attached hydrogen (secondary N) is 1. The van der Waals surface area contributed by atoms with Crippen molar-refractivity contribution in [1.29, 1.82) is 0 Å². The smallest absolute Gasteiger partial charge is 0.265 e. The van der Waals surface area contributed by atoms with Gasteiger partial charge in [0.1, 0.15) is 18.3 Å². The Labute approximate surface area is 276 Å². The molecular formula is C34H42ClN3O7S. The molecule has 0 spiro atoms. The number of carbonyl (C=O) groups excluding carboxylic acids is 2. The average Bonchev–Trinajstić information content (AvgIpc) is 3.56. The molecule has 0 radical (unpaired) electrons. The Hall–Kier alpha value is -3.96. The molecule has 46 heavy (non-hydrogen) atoms. The van der Waals surface area contributed by atoms with E-state index in [1.54, 1.807) is 6.07 Å². The molecule has 1 aliphatic carbocycles. The van der Waals surface area contributed by atoms with Crippen LogP contribution >= 0.6 is 11.6 Å². The highest BCUT2D eigenvalue weighted by Gasteiger charge is 2.36.